The van der Waals surface area contributed by atoms with Gasteiger partial charge in [-0.3, -0.25) is 0 Å². The number of amidine groups is 1. The molecule has 0 unspecified atom stereocenters. The number of morpholine rings is 1. The largest absolute Gasteiger partial charge is 0.496 e. The van der Waals surface area contributed by atoms with Crippen molar-refractivity contribution in [2.45, 2.75) is 54.4 Å². The number of methoxy groups -OCH3 is 1. The van der Waals surface area contributed by atoms with E-state index in [0.29, 0.717) is 44.8 Å². The first kappa shape index (κ1) is 31.2. The van der Waals surface area contributed by atoms with E-state index in [9.17, 15) is 0 Å². The summed E-state index contributed by atoms with van der Waals surface area (Å²) in [6.45, 7) is 19.6. The Labute approximate surface area is 245 Å². The summed E-state index contributed by atoms with van der Waals surface area (Å²) in [5, 5.41) is 4.71. The van der Waals surface area contributed by atoms with Gasteiger partial charge in [0.05, 0.1) is 26.9 Å². The molecule has 0 aliphatic carbocycles. The minimum absolute atomic E-state index is 0. The minimum atomic E-state index is 0. The maximum atomic E-state index is 5.89. The fourth-order valence-electron chi connectivity index (χ4n) is 4.40. The zero-order valence-electron chi connectivity index (χ0n) is 25.1. The lowest BCUT2D eigenvalue weighted by Gasteiger charge is -2.28. The maximum absolute atomic E-state index is 5.89. The minimum Gasteiger partial charge on any atom is -0.496 e. The molecule has 0 saturated carbocycles. The van der Waals surface area contributed by atoms with E-state index < -0.39 is 0 Å². The maximum Gasteiger partial charge on any atom is 0.230 e. The van der Waals surface area contributed by atoms with Gasteiger partial charge in [0.25, 0.3) is 0 Å². The number of fused-ring (bicyclic) bond motifs is 1. The van der Waals surface area contributed by atoms with E-state index in [2.05, 4.69) is 79.0 Å². The number of aliphatic imine (C=N–C) groups is 2. The molecule has 40 heavy (non-hydrogen) atoms. The van der Waals surface area contributed by atoms with E-state index in [1.54, 1.807) is 7.11 Å². The Morgan fingerprint density at radius 3 is 2.58 bits per heavy atom. The number of anilines is 1. The number of nitrogens with zero attached hydrogens (tertiary/aromatic N) is 3. The molecule has 8 heteroatoms. The van der Waals surface area contributed by atoms with Crippen molar-refractivity contribution in [2.75, 3.05) is 45.3 Å². The predicted octanol–water partition coefficient (Wildman–Crippen LogP) is 7.61. The molecule has 0 atom stereocenters. The quantitative estimate of drug-likeness (QED) is 0.173. The highest BCUT2D eigenvalue weighted by molar-refractivity contribution is 7.19. The number of ether oxygens (including phenoxy) is 3. The Bertz CT molecular complexity index is 1350. The van der Waals surface area contributed by atoms with Crippen molar-refractivity contribution in [2.24, 2.45) is 9.98 Å². The van der Waals surface area contributed by atoms with Crippen molar-refractivity contribution in [1.82, 2.24) is 4.90 Å². The van der Waals surface area contributed by atoms with Gasteiger partial charge in [-0.05, 0) is 80.1 Å². The van der Waals surface area contributed by atoms with Crippen LogP contribution in [0.2, 0.25) is 0 Å². The number of benzene rings is 2. The summed E-state index contributed by atoms with van der Waals surface area (Å²) in [4.78, 5) is 12.9. The first-order valence-electron chi connectivity index (χ1n) is 14.1. The number of hydrogen-bond acceptors (Lipinski definition) is 5. The summed E-state index contributed by atoms with van der Waals surface area (Å²) < 4.78 is 18.2. The molecular formula is C32H46N4O3S. The van der Waals surface area contributed by atoms with Gasteiger partial charge in [0, 0.05) is 36.2 Å². The molecule has 1 aliphatic heterocycles. The highest BCUT2D eigenvalue weighted by atomic mass is 32.1. The summed E-state index contributed by atoms with van der Waals surface area (Å²) in [5.41, 5.74) is 4.67. The van der Waals surface area contributed by atoms with Crippen LogP contribution >= 0.6 is 11.3 Å². The van der Waals surface area contributed by atoms with Gasteiger partial charge < -0.3 is 24.4 Å². The van der Waals surface area contributed by atoms with Crippen molar-refractivity contribution in [3.05, 3.63) is 70.4 Å². The molecule has 0 radical (unpaired) electrons. The molecule has 2 heterocycles. The van der Waals surface area contributed by atoms with Crippen LogP contribution in [0.4, 0.5) is 5.69 Å². The second-order valence-electron chi connectivity index (χ2n) is 9.32. The summed E-state index contributed by atoms with van der Waals surface area (Å²) in [7, 11) is 1.71. The summed E-state index contributed by atoms with van der Waals surface area (Å²) in [5.74, 6) is 2.57. The Hall–Kier alpha value is -3.36. The molecule has 1 aliphatic rings. The average Bonchev–Trinajstić information content (AvgIpc) is 3.26. The number of nitrogens with one attached hydrogen (secondary N) is 1. The first-order valence-corrected chi connectivity index (χ1v) is 14.9. The number of rotatable bonds is 8. The predicted molar refractivity (Wildman–Crippen MR) is 172 cm³/mol. The molecule has 218 valence electrons. The Morgan fingerprint density at radius 1 is 1.12 bits per heavy atom. The van der Waals surface area contributed by atoms with Gasteiger partial charge in [-0.2, -0.15) is 4.99 Å². The molecule has 1 aromatic heterocycles. The Morgan fingerprint density at radius 2 is 1.88 bits per heavy atom. The highest BCUT2D eigenvalue weighted by Gasteiger charge is 2.16. The molecule has 0 bridgehead atoms. The average molecular weight is 567 g/mol. The third kappa shape index (κ3) is 8.32. The highest BCUT2D eigenvalue weighted by Crippen LogP contribution is 2.32. The van der Waals surface area contributed by atoms with Crippen molar-refractivity contribution in [3.63, 3.8) is 0 Å². The third-order valence-electron chi connectivity index (χ3n) is 6.68. The van der Waals surface area contributed by atoms with E-state index in [0.717, 1.165) is 35.7 Å². The van der Waals surface area contributed by atoms with Crippen LogP contribution in [-0.2, 0) is 22.3 Å². The number of guanidine groups is 1. The molecule has 0 amide bonds. The van der Waals surface area contributed by atoms with Crippen LogP contribution in [-0.4, -0.2) is 56.7 Å². The lowest BCUT2D eigenvalue weighted by atomic mass is 10.1. The van der Waals surface area contributed by atoms with E-state index in [-0.39, 0.29) is 1.43 Å². The van der Waals surface area contributed by atoms with Crippen molar-refractivity contribution >= 4 is 38.9 Å². The molecule has 1 fully saturated rings. The Balaban J connectivity index is 0.00000192. The molecule has 4 rings (SSSR count). The van der Waals surface area contributed by atoms with E-state index in [1.807, 2.05) is 32.1 Å². The smallest absolute Gasteiger partial charge is 0.230 e. The SMILES string of the molecule is C=C(/N=C(\N=C(/C)Nc1ccc2sc(C)c(C)c2c1)N1CCOCC1)OCCc1ccc(CC)c(OC)c1.CC.[HH]. The fraction of sp³-hybridized carbons (Fsp3) is 0.438. The molecule has 1 N–H and O–H groups in total. The molecule has 7 nitrogen and oxygen atoms in total. The second-order valence-corrected chi connectivity index (χ2v) is 10.6. The molecule has 0 spiro atoms. The van der Waals surface area contributed by atoms with Gasteiger partial charge >= 0.3 is 0 Å². The monoisotopic (exact) mass is 566 g/mol. The molecule has 3 aromatic rings. The van der Waals surface area contributed by atoms with Crippen molar-refractivity contribution < 1.29 is 15.6 Å². The summed E-state index contributed by atoms with van der Waals surface area (Å²) in [6.07, 6.45) is 1.67. The molecular weight excluding hydrogens is 520 g/mol. The van der Waals surface area contributed by atoms with Crippen LogP contribution in [0, 0.1) is 13.8 Å². The third-order valence-corrected chi connectivity index (χ3v) is 7.87. The number of aryl methyl sites for hydroxylation is 3. The van der Waals surface area contributed by atoms with Crippen molar-refractivity contribution in [3.8, 4) is 5.75 Å². The summed E-state index contributed by atoms with van der Waals surface area (Å²) >= 11 is 1.83. The van der Waals surface area contributed by atoms with Crippen LogP contribution in [0.25, 0.3) is 10.1 Å². The van der Waals surface area contributed by atoms with Crippen molar-refractivity contribution in [1.29, 1.82) is 0 Å². The van der Waals surface area contributed by atoms with Gasteiger partial charge in [-0.15, -0.1) is 11.3 Å². The van der Waals surface area contributed by atoms with E-state index >= 15 is 0 Å². The molecule has 2 aromatic carbocycles. The number of thiophene rings is 1. The van der Waals surface area contributed by atoms with Crippen LogP contribution < -0.4 is 10.1 Å². The van der Waals surface area contributed by atoms with Crippen LogP contribution in [0.15, 0.2) is 58.8 Å². The van der Waals surface area contributed by atoms with Crippen LogP contribution in [0.5, 0.6) is 5.75 Å². The Kier molecular flexibility index (Phi) is 12.0. The van der Waals surface area contributed by atoms with E-state index in [4.69, 9.17) is 19.2 Å². The first-order chi connectivity index (χ1) is 19.4. The lowest BCUT2D eigenvalue weighted by Crippen LogP contribution is -2.40. The molecule has 1 saturated heterocycles. The topological polar surface area (TPSA) is 67.7 Å². The van der Waals surface area contributed by atoms with Gasteiger partial charge in [0.1, 0.15) is 11.6 Å². The van der Waals surface area contributed by atoms with E-state index in [1.165, 1.54) is 26.1 Å². The zero-order valence-corrected chi connectivity index (χ0v) is 25.9. The zero-order chi connectivity index (χ0) is 29.1. The van der Waals surface area contributed by atoms with Crippen LogP contribution in [0.1, 0.15) is 50.7 Å². The summed E-state index contributed by atoms with van der Waals surface area (Å²) in [6, 6.07) is 12.7. The van der Waals surface area contributed by atoms with Gasteiger partial charge in [0.15, 0.2) is 0 Å². The number of hydrogen-bond donors (Lipinski definition) is 1. The standard InChI is InChI=1S/C30H38N4O3S.C2H6.H2/c1-7-25-9-8-24(18-28(25)35-6)12-15-37-23(5)33-30(34-13-16-36-17-14-34)32-22(4)31-26-10-11-29-27(19-26)20(2)21(3)38-29;1-2;/h8-11,18-19H,5,7,12-17H2,1-4,6H3,(H,31,32,33);1-2H3;1H. The second kappa shape index (κ2) is 15.4. The van der Waals surface area contributed by atoms with Crippen LogP contribution in [0.3, 0.4) is 0 Å². The fourth-order valence-corrected chi connectivity index (χ4v) is 5.46. The van der Waals surface area contributed by atoms with Gasteiger partial charge in [-0.25, -0.2) is 4.99 Å². The normalized spacial score (nSPS) is 14.0. The van der Waals surface area contributed by atoms with Gasteiger partial charge in [-0.1, -0.05) is 32.9 Å². The van der Waals surface area contributed by atoms with Gasteiger partial charge in [0.2, 0.25) is 11.8 Å². The lowest BCUT2D eigenvalue weighted by molar-refractivity contribution is 0.0673.